The van der Waals surface area contributed by atoms with Gasteiger partial charge in [0.25, 0.3) is 5.91 Å². The average Bonchev–Trinajstić information content (AvgIpc) is 2.77. The molecule has 0 atom stereocenters. The summed E-state index contributed by atoms with van der Waals surface area (Å²) < 4.78 is 4.76. The molecule has 1 heterocycles. The van der Waals surface area contributed by atoms with Gasteiger partial charge in [-0.2, -0.15) is 0 Å². The SMILES string of the molecule is CCOC(=O)CN(C)C(=O)c1n[nH]c(C(C)C)n1. The number of nitrogens with one attached hydrogen (secondary N) is 1. The van der Waals surface area contributed by atoms with Gasteiger partial charge >= 0.3 is 5.97 Å². The molecule has 0 spiro atoms. The minimum atomic E-state index is -0.451. The molecule has 18 heavy (non-hydrogen) atoms. The second kappa shape index (κ2) is 6.13. The van der Waals surface area contributed by atoms with Crippen molar-refractivity contribution in [1.82, 2.24) is 20.1 Å². The van der Waals surface area contributed by atoms with Crippen LogP contribution in [0, 0.1) is 0 Å². The summed E-state index contributed by atoms with van der Waals surface area (Å²) >= 11 is 0. The molecule has 0 saturated carbocycles. The second-order valence-corrected chi connectivity index (χ2v) is 4.17. The molecular weight excluding hydrogens is 236 g/mol. The van der Waals surface area contributed by atoms with Crippen molar-refractivity contribution in [2.24, 2.45) is 0 Å². The Balaban J connectivity index is 2.65. The van der Waals surface area contributed by atoms with Crippen molar-refractivity contribution in [2.45, 2.75) is 26.7 Å². The maximum absolute atomic E-state index is 11.9. The molecule has 1 aromatic rings. The van der Waals surface area contributed by atoms with Crippen LogP contribution in [0.3, 0.4) is 0 Å². The molecule has 0 fully saturated rings. The van der Waals surface area contributed by atoms with E-state index < -0.39 is 11.9 Å². The highest BCUT2D eigenvalue weighted by Gasteiger charge is 2.20. The van der Waals surface area contributed by atoms with Crippen molar-refractivity contribution in [1.29, 1.82) is 0 Å². The molecule has 0 aliphatic heterocycles. The van der Waals surface area contributed by atoms with Crippen LogP contribution in [0.5, 0.6) is 0 Å². The predicted molar refractivity (Wildman–Crippen MR) is 64.1 cm³/mol. The molecule has 0 aliphatic rings. The van der Waals surface area contributed by atoms with Crippen molar-refractivity contribution >= 4 is 11.9 Å². The van der Waals surface area contributed by atoms with E-state index in [0.29, 0.717) is 12.4 Å². The van der Waals surface area contributed by atoms with Crippen molar-refractivity contribution in [3.05, 3.63) is 11.6 Å². The minimum Gasteiger partial charge on any atom is -0.465 e. The summed E-state index contributed by atoms with van der Waals surface area (Å²) in [5.74, 6) is 0.00182. The number of amides is 1. The van der Waals surface area contributed by atoms with Crippen LogP contribution in [0.4, 0.5) is 0 Å². The number of rotatable bonds is 5. The largest absolute Gasteiger partial charge is 0.465 e. The minimum absolute atomic E-state index is 0.0606. The lowest BCUT2D eigenvalue weighted by atomic mass is 10.2. The quantitative estimate of drug-likeness (QED) is 0.776. The van der Waals surface area contributed by atoms with E-state index >= 15 is 0 Å². The number of aromatic amines is 1. The fourth-order valence-electron chi connectivity index (χ4n) is 1.27. The first kappa shape index (κ1) is 14.1. The van der Waals surface area contributed by atoms with Crippen molar-refractivity contribution < 1.29 is 14.3 Å². The molecule has 0 saturated heterocycles. The molecule has 1 rings (SSSR count). The number of hydrogen-bond donors (Lipinski definition) is 1. The summed E-state index contributed by atoms with van der Waals surface area (Å²) in [5, 5.41) is 6.53. The number of esters is 1. The summed E-state index contributed by atoms with van der Waals surface area (Å²) in [6.07, 6.45) is 0. The average molecular weight is 254 g/mol. The first-order chi connectivity index (χ1) is 8.45. The Kier molecular flexibility index (Phi) is 4.82. The predicted octanol–water partition coefficient (Wildman–Crippen LogP) is 0.563. The van der Waals surface area contributed by atoms with E-state index in [9.17, 15) is 9.59 Å². The Morgan fingerprint density at radius 1 is 1.44 bits per heavy atom. The van der Waals surface area contributed by atoms with Crippen LogP contribution < -0.4 is 0 Å². The molecule has 7 nitrogen and oxygen atoms in total. The highest BCUT2D eigenvalue weighted by molar-refractivity contribution is 5.92. The van der Waals surface area contributed by atoms with Crippen LogP contribution in [0.25, 0.3) is 0 Å². The Morgan fingerprint density at radius 2 is 2.11 bits per heavy atom. The number of aromatic nitrogens is 3. The Hall–Kier alpha value is -1.92. The van der Waals surface area contributed by atoms with E-state index in [0.717, 1.165) is 0 Å². The summed E-state index contributed by atoms with van der Waals surface area (Å²) in [5.41, 5.74) is 0. The monoisotopic (exact) mass is 254 g/mol. The normalized spacial score (nSPS) is 10.5. The smallest absolute Gasteiger partial charge is 0.325 e. The van der Waals surface area contributed by atoms with Crippen molar-refractivity contribution in [3.8, 4) is 0 Å². The third kappa shape index (κ3) is 3.54. The molecule has 0 unspecified atom stereocenters. The molecule has 7 heteroatoms. The molecular formula is C11H18N4O3. The molecule has 1 amide bonds. The van der Waals surface area contributed by atoms with Crippen molar-refractivity contribution in [2.75, 3.05) is 20.2 Å². The molecule has 1 N–H and O–H groups in total. The highest BCUT2D eigenvalue weighted by atomic mass is 16.5. The van der Waals surface area contributed by atoms with Crippen LogP contribution in [0.1, 0.15) is 43.1 Å². The fourth-order valence-corrected chi connectivity index (χ4v) is 1.27. The van der Waals surface area contributed by atoms with Crippen LogP contribution >= 0.6 is 0 Å². The summed E-state index contributed by atoms with van der Waals surface area (Å²) in [7, 11) is 1.50. The van der Waals surface area contributed by atoms with Gasteiger partial charge in [0.05, 0.1) is 6.61 Å². The molecule has 0 bridgehead atoms. The number of H-pyrrole nitrogens is 1. The van der Waals surface area contributed by atoms with Crippen LogP contribution in [0.2, 0.25) is 0 Å². The molecule has 0 radical (unpaired) electrons. The number of carbonyl (C=O) groups is 2. The zero-order valence-electron chi connectivity index (χ0n) is 11.1. The lowest BCUT2D eigenvalue weighted by Crippen LogP contribution is -2.33. The van der Waals surface area contributed by atoms with Gasteiger partial charge in [0.15, 0.2) is 0 Å². The number of nitrogens with zero attached hydrogens (tertiary/aromatic N) is 3. The Morgan fingerprint density at radius 3 is 2.61 bits per heavy atom. The standard InChI is InChI=1S/C11H18N4O3/c1-5-18-8(16)6-15(4)11(17)10-12-9(7(2)3)13-14-10/h7H,5-6H2,1-4H3,(H,12,13,14). The lowest BCUT2D eigenvalue weighted by molar-refractivity contribution is -0.143. The van der Waals surface area contributed by atoms with Gasteiger partial charge in [0.2, 0.25) is 5.82 Å². The Labute approximate surface area is 106 Å². The number of ether oxygens (including phenoxy) is 1. The Bertz CT molecular complexity index is 428. The lowest BCUT2D eigenvalue weighted by Gasteiger charge is -2.13. The van der Waals surface area contributed by atoms with Gasteiger partial charge in [0, 0.05) is 13.0 Å². The topological polar surface area (TPSA) is 88.2 Å². The van der Waals surface area contributed by atoms with Gasteiger partial charge in [-0.25, -0.2) is 4.98 Å². The molecule has 0 aromatic carbocycles. The van der Waals surface area contributed by atoms with Crippen LogP contribution in [0.15, 0.2) is 0 Å². The van der Waals surface area contributed by atoms with Gasteiger partial charge in [-0.05, 0) is 6.92 Å². The van der Waals surface area contributed by atoms with E-state index in [4.69, 9.17) is 4.74 Å². The maximum Gasteiger partial charge on any atom is 0.325 e. The summed E-state index contributed by atoms with van der Waals surface area (Å²) in [6.45, 7) is 5.77. The van der Waals surface area contributed by atoms with E-state index in [-0.39, 0.29) is 18.3 Å². The van der Waals surface area contributed by atoms with E-state index in [1.54, 1.807) is 6.92 Å². The van der Waals surface area contributed by atoms with E-state index in [2.05, 4.69) is 15.2 Å². The molecule has 100 valence electrons. The maximum atomic E-state index is 11.9. The van der Waals surface area contributed by atoms with Crippen LogP contribution in [-0.4, -0.2) is 52.2 Å². The zero-order chi connectivity index (χ0) is 13.7. The molecule has 1 aromatic heterocycles. The molecule has 0 aliphatic carbocycles. The third-order valence-electron chi connectivity index (χ3n) is 2.26. The number of carbonyl (C=O) groups excluding carboxylic acids is 2. The fraction of sp³-hybridized carbons (Fsp3) is 0.636. The second-order valence-electron chi connectivity index (χ2n) is 4.17. The van der Waals surface area contributed by atoms with Gasteiger partial charge < -0.3 is 9.64 Å². The highest BCUT2D eigenvalue weighted by Crippen LogP contribution is 2.08. The van der Waals surface area contributed by atoms with E-state index in [1.165, 1.54) is 11.9 Å². The van der Waals surface area contributed by atoms with Gasteiger partial charge in [-0.1, -0.05) is 13.8 Å². The first-order valence-corrected chi connectivity index (χ1v) is 5.79. The van der Waals surface area contributed by atoms with Crippen molar-refractivity contribution in [3.63, 3.8) is 0 Å². The summed E-state index contributed by atoms with van der Waals surface area (Å²) in [4.78, 5) is 28.4. The number of hydrogen-bond acceptors (Lipinski definition) is 5. The first-order valence-electron chi connectivity index (χ1n) is 5.79. The van der Waals surface area contributed by atoms with Gasteiger partial charge in [0.1, 0.15) is 12.4 Å². The van der Waals surface area contributed by atoms with E-state index in [1.807, 2.05) is 13.8 Å². The summed E-state index contributed by atoms with van der Waals surface area (Å²) in [6, 6.07) is 0. The van der Waals surface area contributed by atoms with Gasteiger partial charge in [-0.3, -0.25) is 14.7 Å². The number of likely N-dealkylation sites (N-methyl/N-ethyl adjacent to an activating group) is 1. The third-order valence-corrected chi connectivity index (χ3v) is 2.26. The zero-order valence-corrected chi connectivity index (χ0v) is 11.1. The van der Waals surface area contributed by atoms with Crippen LogP contribution in [-0.2, 0) is 9.53 Å². The van der Waals surface area contributed by atoms with Gasteiger partial charge in [-0.15, -0.1) is 5.10 Å².